The molecular formula is C13H21ClN2O. The first kappa shape index (κ1) is 14.5. The monoisotopic (exact) mass is 256 g/mol. The van der Waals surface area contributed by atoms with Gasteiger partial charge in [0.05, 0.1) is 0 Å². The lowest BCUT2D eigenvalue weighted by Gasteiger charge is -2.25. The highest BCUT2D eigenvalue weighted by atomic mass is 35.5. The molecule has 3 nitrogen and oxygen atoms in total. The number of methoxy groups -OCH3 is 1. The second-order valence-electron chi connectivity index (χ2n) is 4.40. The molecule has 17 heavy (non-hydrogen) atoms. The summed E-state index contributed by atoms with van der Waals surface area (Å²) >= 11 is 5.96. The van der Waals surface area contributed by atoms with E-state index in [9.17, 15) is 0 Å². The molecule has 0 saturated carbocycles. The van der Waals surface area contributed by atoms with Crippen molar-refractivity contribution in [1.29, 1.82) is 0 Å². The maximum atomic E-state index is 5.96. The van der Waals surface area contributed by atoms with Gasteiger partial charge in [-0.3, -0.25) is 11.3 Å². The van der Waals surface area contributed by atoms with Gasteiger partial charge in [0.1, 0.15) is 0 Å². The van der Waals surface area contributed by atoms with E-state index in [1.165, 1.54) is 5.56 Å². The molecule has 0 aliphatic carbocycles. The van der Waals surface area contributed by atoms with Crippen molar-refractivity contribution < 1.29 is 4.74 Å². The Morgan fingerprint density at radius 1 is 1.47 bits per heavy atom. The Balaban J connectivity index is 2.85. The predicted octanol–water partition coefficient (Wildman–Crippen LogP) is 2.83. The highest BCUT2D eigenvalue weighted by molar-refractivity contribution is 6.30. The number of hydrogen-bond donors (Lipinski definition) is 2. The van der Waals surface area contributed by atoms with Crippen LogP contribution < -0.4 is 11.3 Å². The number of hydrazine groups is 1. The average molecular weight is 257 g/mol. The molecule has 0 aliphatic rings. The van der Waals surface area contributed by atoms with Crippen molar-refractivity contribution in [2.75, 3.05) is 13.7 Å². The number of halogens is 1. The molecule has 0 heterocycles. The fourth-order valence-corrected chi connectivity index (χ4v) is 2.25. The number of nitrogens with one attached hydrogen (secondary N) is 1. The molecular weight excluding hydrogens is 236 g/mol. The molecule has 0 spiro atoms. The summed E-state index contributed by atoms with van der Waals surface area (Å²) in [6.07, 6.45) is 0.966. The van der Waals surface area contributed by atoms with Crippen LogP contribution in [0, 0.1) is 12.8 Å². The van der Waals surface area contributed by atoms with E-state index in [4.69, 9.17) is 22.2 Å². The highest BCUT2D eigenvalue weighted by Crippen LogP contribution is 2.28. The van der Waals surface area contributed by atoms with E-state index in [1.807, 2.05) is 18.2 Å². The normalized spacial score (nSPS) is 14.6. The largest absolute Gasteiger partial charge is 0.385 e. The van der Waals surface area contributed by atoms with Gasteiger partial charge in [-0.1, -0.05) is 24.6 Å². The van der Waals surface area contributed by atoms with Crippen molar-refractivity contribution in [3.63, 3.8) is 0 Å². The van der Waals surface area contributed by atoms with Gasteiger partial charge in [0.15, 0.2) is 0 Å². The van der Waals surface area contributed by atoms with Gasteiger partial charge >= 0.3 is 0 Å². The number of rotatable bonds is 6. The topological polar surface area (TPSA) is 47.3 Å². The first-order chi connectivity index (χ1) is 8.10. The predicted molar refractivity (Wildman–Crippen MR) is 71.9 cm³/mol. The number of hydrogen-bond acceptors (Lipinski definition) is 3. The maximum Gasteiger partial charge on any atom is 0.0489 e. The molecule has 96 valence electrons. The molecule has 0 saturated heterocycles. The molecule has 4 heteroatoms. The van der Waals surface area contributed by atoms with Gasteiger partial charge in [-0.15, -0.1) is 0 Å². The molecule has 0 aliphatic heterocycles. The molecule has 0 aromatic heterocycles. The minimum Gasteiger partial charge on any atom is -0.385 e. The minimum absolute atomic E-state index is 0.127. The first-order valence-electron chi connectivity index (χ1n) is 5.81. The second-order valence-corrected chi connectivity index (χ2v) is 4.84. The number of benzene rings is 1. The van der Waals surface area contributed by atoms with Crippen LogP contribution >= 0.6 is 11.6 Å². The van der Waals surface area contributed by atoms with Gasteiger partial charge in [0, 0.05) is 24.8 Å². The van der Waals surface area contributed by atoms with E-state index in [1.54, 1.807) is 7.11 Å². The maximum absolute atomic E-state index is 5.96. The lowest BCUT2D eigenvalue weighted by molar-refractivity contribution is 0.170. The molecule has 2 atom stereocenters. The molecule has 1 rings (SSSR count). The van der Waals surface area contributed by atoms with Gasteiger partial charge in [0.2, 0.25) is 0 Å². The molecule has 0 bridgehead atoms. The third-order valence-corrected chi connectivity index (χ3v) is 3.33. The highest BCUT2D eigenvalue weighted by Gasteiger charge is 2.19. The fraction of sp³-hybridized carbons (Fsp3) is 0.538. The molecule has 1 aromatic rings. The SMILES string of the molecule is COCCC(C)C(NN)c1ccc(Cl)cc1C. The molecule has 2 unspecified atom stereocenters. The van der Waals surface area contributed by atoms with Crippen LogP contribution in [-0.2, 0) is 4.74 Å². The molecule has 0 fully saturated rings. The summed E-state index contributed by atoms with van der Waals surface area (Å²) in [6.45, 7) is 4.96. The summed E-state index contributed by atoms with van der Waals surface area (Å²) < 4.78 is 5.10. The smallest absolute Gasteiger partial charge is 0.0489 e. The molecule has 0 amide bonds. The number of aryl methyl sites for hydroxylation is 1. The lowest BCUT2D eigenvalue weighted by atomic mass is 9.90. The van der Waals surface area contributed by atoms with Crippen molar-refractivity contribution in [2.45, 2.75) is 26.3 Å². The molecule has 0 radical (unpaired) electrons. The van der Waals surface area contributed by atoms with Crippen LogP contribution in [0.2, 0.25) is 5.02 Å². The van der Waals surface area contributed by atoms with Gasteiger partial charge in [-0.25, -0.2) is 0 Å². The van der Waals surface area contributed by atoms with Crippen molar-refractivity contribution in [3.05, 3.63) is 34.3 Å². The Kier molecular flexibility index (Phi) is 5.92. The Hall–Kier alpha value is -0.610. The van der Waals surface area contributed by atoms with Crippen molar-refractivity contribution >= 4 is 11.6 Å². The van der Waals surface area contributed by atoms with Gasteiger partial charge in [0.25, 0.3) is 0 Å². The van der Waals surface area contributed by atoms with E-state index in [0.717, 1.165) is 23.6 Å². The number of nitrogens with two attached hydrogens (primary N) is 1. The van der Waals surface area contributed by atoms with E-state index in [2.05, 4.69) is 19.3 Å². The van der Waals surface area contributed by atoms with Crippen LogP contribution in [-0.4, -0.2) is 13.7 Å². The summed E-state index contributed by atoms with van der Waals surface area (Å²) in [7, 11) is 1.71. The van der Waals surface area contributed by atoms with E-state index >= 15 is 0 Å². The van der Waals surface area contributed by atoms with Crippen LogP contribution in [0.25, 0.3) is 0 Å². The van der Waals surface area contributed by atoms with Gasteiger partial charge < -0.3 is 4.74 Å². The van der Waals surface area contributed by atoms with Crippen LogP contribution in [0.3, 0.4) is 0 Å². The summed E-state index contributed by atoms with van der Waals surface area (Å²) in [5.41, 5.74) is 5.24. The Morgan fingerprint density at radius 2 is 2.18 bits per heavy atom. The summed E-state index contributed by atoms with van der Waals surface area (Å²) in [6, 6.07) is 6.02. The lowest BCUT2D eigenvalue weighted by Crippen LogP contribution is -2.33. The summed E-state index contributed by atoms with van der Waals surface area (Å²) in [5, 5.41) is 0.756. The molecule has 1 aromatic carbocycles. The Labute approximate surface area is 108 Å². The Morgan fingerprint density at radius 3 is 2.71 bits per heavy atom. The first-order valence-corrected chi connectivity index (χ1v) is 6.19. The zero-order valence-corrected chi connectivity index (χ0v) is 11.4. The minimum atomic E-state index is 0.127. The quantitative estimate of drug-likeness (QED) is 0.608. The van der Waals surface area contributed by atoms with E-state index in [0.29, 0.717) is 5.92 Å². The second kappa shape index (κ2) is 6.97. The van der Waals surface area contributed by atoms with Crippen molar-refractivity contribution in [3.8, 4) is 0 Å². The Bertz CT molecular complexity index is 357. The molecule has 3 N–H and O–H groups in total. The third kappa shape index (κ3) is 3.96. The zero-order chi connectivity index (χ0) is 12.8. The summed E-state index contributed by atoms with van der Waals surface area (Å²) in [5.74, 6) is 6.06. The van der Waals surface area contributed by atoms with Gasteiger partial charge in [-0.05, 0) is 42.5 Å². The fourth-order valence-electron chi connectivity index (χ4n) is 2.02. The average Bonchev–Trinajstić information content (AvgIpc) is 2.30. The third-order valence-electron chi connectivity index (χ3n) is 3.09. The van der Waals surface area contributed by atoms with Crippen LogP contribution in [0.1, 0.15) is 30.5 Å². The van der Waals surface area contributed by atoms with Crippen LogP contribution in [0.5, 0.6) is 0 Å². The van der Waals surface area contributed by atoms with Crippen LogP contribution in [0.15, 0.2) is 18.2 Å². The van der Waals surface area contributed by atoms with Crippen LogP contribution in [0.4, 0.5) is 0 Å². The van der Waals surface area contributed by atoms with E-state index < -0.39 is 0 Å². The van der Waals surface area contributed by atoms with E-state index in [-0.39, 0.29) is 6.04 Å². The van der Waals surface area contributed by atoms with Crippen molar-refractivity contribution in [1.82, 2.24) is 5.43 Å². The number of ether oxygens (including phenoxy) is 1. The summed E-state index contributed by atoms with van der Waals surface area (Å²) in [4.78, 5) is 0. The van der Waals surface area contributed by atoms with Gasteiger partial charge in [-0.2, -0.15) is 0 Å². The zero-order valence-electron chi connectivity index (χ0n) is 10.7. The van der Waals surface area contributed by atoms with Crippen molar-refractivity contribution in [2.24, 2.45) is 11.8 Å². The standard InChI is InChI=1S/C13H21ClN2O/c1-9(6-7-17-3)13(16-15)12-5-4-11(14)8-10(12)2/h4-5,8-9,13,16H,6-7,15H2,1-3H3.